The van der Waals surface area contributed by atoms with Gasteiger partial charge in [0.2, 0.25) is 0 Å². The number of carbonyl (C=O) groups excluding carboxylic acids is 1. The zero-order chi connectivity index (χ0) is 14.0. The second kappa shape index (κ2) is 9.41. The van der Waals surface area contributed by atoms with Gasteiger partial charge in [-0.2, -0.15) is 0 Å². The van der Waals surface area contributed by atoms with Crippen LogP contribution in [0.5, 0.6) is 0 Å². The third-order valence-corrected chi connectivity index (χ3v) is 2.21. The fourth-order valence-electron chi connectivity index (χ4n) is 1.12. The highest BCUT2D eigenvalue weighted by Crippen LogP contribution is 2.02. The predicted molar refractivity (Wildman–Crippen MR) is 69.3 cm³/mol. The van der Waals surface area contributed by atoms with Crippen molar-refractivity contribution < 1.29 is 19.4 Å². The van der Waals surface area contributed by atoms with E-state index in [2.05, 4.69) is 18.8 Å². The SMILES string of the molecule is C=C(C=C(C)C(=O)O)C(=O)OCCNCCCC. The van der Waals surface area contributed by atoms with E-state index in [4.69, 9.17) is 9.84 Å². The van der Waals surface area contributed by atoms with Crippen molar-refractivity contribution in [3.05, 3.63) is 23.8 Å². The molecule has 0 heterocycles. The molecule has 5 heteroatoms. The molecule has 0 aromatic carbocycles. The summed E-state index contributed by atoms with van der Waals surface area (Å²) >= 11 is 0. The molecule has 5 nitrogen and oxygen atoms in total. The minimum absolute atomic E-state index is 0.0449. The molecule has 0 fully saturated rings. The van der Waals surface area contributed by atoms with Gasteiger partial charge < -0.3 is 15.2 Å². The van der Waals surface area contributed by atoms with Crippen molar-refractivity contribution in [2.45, 2.75) is 26.7 Å². The molecule has 0 rings (SSSR count). The van der Waals surface area contributed by atoms with Crippen LogP contribution >= 0.6 is 0 Å². The van der Waals surface area contributed by atoms with Gasteiger partial charge in [0.25, 0.3) is 0 Å². The molecule has 0 atom stereocenters. The van der Waals surface area contributed by atoms with Crippen LogP contribution in [0.1, 0.15) is 26.7 Å². The van der Waals surface area contributed by atoms with Crippen molar-refractivity contribution in [2.24, 2.45) is 0 Å². The Hall–Kier alpha value is -1.62. The second-order valence-corrected chi connectivity index (χ2v) is 3.90. The monoisotopic (exact) mass is 255 g/mol. The molecule has 102 valence electrons. The Morgan fingerprint density at radius 1 is 1.39 bits per heavy atom. The van der Waals surface area contributed by atoms with E-state index in [1.54, 1.807) is 0 Å². The van der Waals surface area contributed by atoms with E-state index in [0.717, 1.165) is 19.4 Å². The van der Waals surface area contributed by atoms with Gasteiger partial charge in [-0.15, -0.1) is 0 Å². The molecule has 18 heavy (non-hydrogen) atoms. The Morgan fingerprint density at radius 2 is 2.06 bits per heavy atom. The summed E-state index contributed by atoms with van der Waals surface area (Å²) in [6.07, 6.45) is 3.40. The topological polar surface area (TPSA) is 75.6 Å². The Labute approximate surface area is 108 Å². The van der Waals surface area contributed by atoms with E-state index in [0.29, 0.717) is 6.54 Å². The van der Waals surface area contributed by atoms with E-state index in [1.807, 2.05) is 0 Å². The van der Waals surface area contributed by atoms with Crippen LogP contribution in [0.25, 0.3) is 0 Å². The van der Waals surface area contributed by atoms with Gasteiger partial charge in [-0.05, 0) is 26.0 Å². The number of hydrogen-bond acceptors (Lipinski definition) is 4. The summed E-state index contributed by atoms with van der Waals surface area (Å²) in [5.74, 6) is -1.67. The Kier molecular flexibility index (Phi) is 8.57. The highest BCUT2D eigenvalue weighted by atomic mass is 16.5. The number of hydrogen-bond donors (Lipinski definition) is 2. The number of nitrogens with one attached hydrogen (secondary N) is 1. The van der Waals surface area contributed by atoms with Crippen molar-refractivity contribution >= 4 is 11.9 Å². The van der Waals surface area contributed by atoms with Crippen LogP contribution in [-0.4, -0.2) is 36.7 Å². The van der Waals surface area contributed by atoms with Crippen molar-refractivity contribution in [3.8, 4) is 0 Å². The summed E-state index contributed by atoms with van der Waals surface area (Å²) in [7, 11) is 0. The van der Waals surface area contributed by atoms with E-state index in [9.17, 15) is 9.59 Å². The van der Waals surface area contributed by atoms with Crippen LogP contribution in [0.2, 0.25) is 0 Å². The summed E-state index contributed by atoms with van der Waals surface area (Å²) in [6.45, 7) is 8.70. The lowest BCUT2D eigenvalue weighted by molar-refractivity contribution is -0.138. The first-order valence-corrected chi connectivity index (χ1v) is 5.97. The highest BCUT2D eigenvalue weighted by molar-refractivity contribution is 5.94. The molecule has 0 aromatic heterocycles. The molecule has 0 aliphatic rings. The average molecular weight is 255 g/mol. The fourth-order valence-corrected chi connectivity index (χ4v) is 1.12. The van der Waals surface area contributed by atoms with Crippen molar-refractivity contribution in [1.29, 1.82) is 0 Å². The molecule has 0 unspecified atom stereocenters. The highest BCUT2D eigenvalue weighted by Gasteiger charge is 2.08. The number of carboxylic acids is 1. The van der Waals surface area contributed by atoms with Crippen LogP contribution < -0.4 is 5.32 Å². The third kappa shape index (κ3) is 7.62. The van der Waals surface area contributed by atoms with Crippen molar-refractivity contribution in [1.82, 2.24) is 5.32 Å². The number of unbranched alkanes of at least 4 members (excludes halogenated alkanes) is 1. The molecule has 0 amide bonds. The standard InChI is InChI=1S/C13H21NO4/c1-4-5-6-14-7-8-18-13(17)11(3)9-10(2)12(15)16/h9,14H,3-8H2,1-2H3,(H,15,16). The second-order valence-electron chi connectivity index (χ2n) is 3.90. The molecule has 0 spiro atoms. The van der Waals surface area contributed by atoms with E-state index in [-0.39, 0.29) is 17.8 Å². The minimum Gasteiger partial charge on any atom is -0.478 e. The molecule has 0 radical (unpaired) electrons. The number of ether oxygens (including phenoxy) is 1. The van der Waals surface area contributed by atoms with E-state index in [1.165, 1.54) is 13.0 Å². The molecule has 0 aliphatic heterocycles. The lowest BCUT2D eigenvalue weighted by Crippen LogP contribution is -2.22. The van der Waals surface area contributed by atoms with Gasteiger partial charge in [0.1, 0.15) is 6.61 Å². The zero-order valence-electron chi connectivity index (χ0n) is 11.0. The predicted octanol–water partition coefficient (Wildman–Crippen LogP) is 1.51. The average Bonchev–Trinajstić information content (AvgIpc) is 2.32. The largest absolute Gasteiger partial charge is 0.478 e. The normalized spacial score (nSPS) is 11.1. The quantitative estimate of drug-likeness (QED) is 0.283. The van der Waals surface area contributed by atoms with Gasteiger partial charge in [-0.25, -0.2) is 9.59 Å². The summed E-state index contributed by atoms with van der Waals surface area (Å²) in [5.41, 5.74) is 0.0986. The molecule has 0 saturated heterocycles. The molecule has 0 aliphatic carbocycles. The Morgan fingerprint density at radius 3 is 2.61 bits per heavy atom. The van der Waals surface area contributed by atoms with Gasteiger partial charge in [-0.1, -0.05) is 19.9 Å². The molecular formula is C13H21NO4. The first-order valence-electron chi connectivity index (χ1n) is 5.97. The third-order valence-electron chi connectivity index (χ3n) is 2.21. The fraction of sp³-hybridized carbons (Fsp3) is 0.538. The smallest absolute Gasteiger partial charge is 0.337 e. The van der Waals surface area contributed by atoms with Crippen LogP contribution in [0.15, 0.2) is 23.8 Å². The van der Waals surface area contributed by atoms with Gasteiger partial charge >= 0.3 is 11.9 Å². The van der Waals surface area contributed by atoms with Crippen LogP contribution in [0, 0.1) is 0 Å². The number of esters is 1. The van der Waals surface area contributed by atoms with Gasteiger partial charge in [0.15, 0.2) is 0 Å². The Balaban J connectivity index is 3.86. The summed E-state index contributed by atoms with van der Waals surface area (Å²) < 4.78 is 4.93. The molecule has 0 aromatic rings. The summed E-state index contributed by atoms with van der Waals surface area (Å²) in [4.78, 5) is 21.9. The molecule has 0 saturated carbocycles. The number of carbonyl (C=O) groups is 2. The molecular weight excluding hydrogens is 234 g/mol. The number of carboxylic acid groups (broad SMARTS) is 1. The number of rotatable bonds is 9. The van der Waals surface area contributed by atoms with Gasteiger partial charge in [0.05, 0.1) is 5.57 Å². The minimum atomic E-state index is -1.08. The maximum absolute atomic E-state index is 11.4. The Bertz CT molecular complexity index is 334. The first kappa shape index (κ1) is 16.4. The zero-order valence-corrected chi connectivity index (χ0v) is 11.0. The summed E-state index contributed by atoms with van der Waals surface area (Å²) in [6, 6.07) is 0. The van der Waals surface area contributed by atoms with E-state index >= 15 is 0 Å². The van der Waals surface area contributed by atoms with Gasteiger partial charge in [0, 0.05) is 12.1 Å². The van der Waals surface area contributed by atoms with Crippen LogP contribution in [-0.2, 0) is 14.3 Å². The molecule has 0 bridgehead atoms. The molecule has 2 N–H and O–H groups in total. The lowest BCUT2D eigenvalue weighted by Gasteiger charge is -2.06. The van der Waals surface area contributed by atoms with Crippen molar-refractivity contribution in [3.63, 3.8) is 0 Å². The first-order chi connectivity index (χ1) is 8.49. The maximum Gasteiger partial charge on any atom is 0.337 e. The summed E-state index contributed by atoms with van der Waals surface area (Å²) in [5, 5.41) is 11.8. The van der Waals surface area contributed by atoms with Crippen molar-refractivity contribution in [2.75, 3.05) is 19.7 Å². The van der Waals surface area contributed by atoms with Crippen LogP contribution in [0.3, 0.4) is 0 Å². The lowest BCUT2D eigenvalue weighted by atomic mass is 10.2. The van der Waals surface area contributed by atoms with Gasteiger partial charge in [-0.3, -0.25) is 0 Å². The van der Waals surface area contributed by atoms with Crippen LogP contribution in [0.4, 0.5) is 0 Å². The number of aliphatic carboxylic acids is 1. The van der Waals surface area contributed by atoms with E-state index < -0.39 is 11.9 Å². The maximum atomic E-state index is 11.4.